The first-order valence-corrected chi connectivity index (χ1v) is 5.16. The third kappa shape index (κ3) is 2.29. The van der Waals surface area contributed by atoms with Crippen molar-refractivity contribution in [1.29, 1.82) is 0 Å². The Hall–Kier alpha value is -1.23. The zero-order valence-electron chi connectivity index (χ0n) is 8.93. The fraction of sp³-hybridized carbons (Fsp3) is 0.455. The molecule has 16 heavy (non-hydrogen) atoms. The number of nitrogens with zero attached hydrogens (tertiary/aromatic N) is 1. The summed E-state index contributed by atoms with van der Waals surface area (Å²) in [5, 5.41) is 2.88. The van der Waals surface area contributed by atoms with Gasteiger partial charge in [-0.1, -0.05) is 0 Å². The maximum atomic E-state index is 13.3. The molecule has 1 aromatic carbocycles. The molecular formula is C11H13F3N2. The van der Waals surface area contributed by atoms with Crippen molar-refractivity contribution in [2.75, 3.05) is 25.5 Å². The molecule has 5 heteroatoms. The second-order valence-corrected chi connectivity index (χ2v) is 4.14. The molecule has 1 saturated heterocycles. The number of hydrogen-bond donors (Lipinski definition) is 1. The minimum atomic E-state index is -1.16. The van der Waals surface area contributed by atoms with Crippen LogP contribution < -0.4 is 5.32 Å². The van der Waals surface area contributed by atoms with E-state index in [4.69, 9.17) is 0 Å². The average molecular weight is 230 g/mol. The van der Waals surface area contributed by atoms with Gasteiger partial charge in [-0.2, -0.15) is 0 Å². The normalized spacial score (nSPS) is 21.4. The summed E-state index contributed by atoms with van der Waals surface area (Å²) in [6.45, 7) is 1.70. The molecule has 88 valence electrons. The molecule has 1 fully saturated rings. The Balaban J connectivity index is 2.12. The van der Waals surface area contributed by atoms with E-state index in [-0.39, 0.29) is 11.7 Å². The van der Waals surface area contributed by atoms with Crippen LogP contribution in [0.3, 0.4) is 0 Å². The number of nitrogens with one attached hydrogen (secondary N) is 1. The molecule has 0 spiro atoms. The van der Waals surface area contributed by atoms with Gasteiger partial charge in [0.25, 0.3) is 0 Å². The SMILES string of the molecule is CN1CCC(Nc2cc(F)c(F)cc2F)C1. The van der Waals surface area contributed by atoms with Gasteiger partial charge >= 0.3 is 0 Å². The lowest BCUT2D eigenvalue weighted by atomic mass is 10.2. The number of anilines is 1. The Bertz CT molecular complexity index is 395. The fourth-order valence-electron chi connectivity index (χ4n) is 1.91. The van der Waals surface area contributed by atoms with Crippen LogP contribution in [0.15, 0.2) is 12.1 Å². The van der Waals surface area contributed by atoms with Crippen LogP contribution in [-0.2, 0) is 0 Å². The summed E-state index contributed by atoms with van der Waals surface area (Å²) in [6, 6.07) is 1.52. The summed E-state index contributed by atoms with van der Waals surface area (Å²) in [4.78, 5) is 2.09. The van der Waals surface area contributed by atoms with E-state index in [2.05, 4.69) is 10.2 Å². The van der Waals surface area contributed by atoms with Gasteiger partial charge in [0, 0.05) is 24.7 Å². The van der Waals surface area contributed by atoms with E-state index in [0.717, 1.165) is 25.6 Å². The van der Waals surface area contributed by atoms with Gasteiger partial charge < -0.3 is 10.2 Å². The summed E-state index contributed by atoms with van der Waals surface area (Å²) < 4.78 is 38.9. The molecule has 1 atom stereocenters. The highest BCUT2D eigenvalue weighted by Gasteiger charge is 2.20. The van der Waals surface area contributed by atoms with Crippen molar-refractivity contribution in [2.24, 2.45) is 0 Å². The highest BCUT2D eigenvalue weighted by atomic mass is 19.2. The molecule has 1 N–H and O–H groups in total. The first-order valence-electron chi connectivity index (χ1n) is 5.16. The molecule has 1 heterocycles. The Morgan fingerprint density at radius 3 is 2.50 bits per heavy atom. The van der Waals surface area contributed by atoms with Crippen molar-refractivity contribution in [2.45, 2.75) is 12.5 Å². The number of likely N-dealkylation sites (N-methyl/N-ethyl adjacent to an activating group) is 1. The quantitative estimate of drug-likeness (QED) is 0.784. The molecule has 1 aromatic rings. The number of hydrogen-bond acceptors (Lipinski definition) is 2. The molecule has 0 saturated carbocycles. The predicted molar refractivity (Wildman–Crippen MR) is 55.8 cm³/mol. The highest BCUT2D eigenvalue weighted by Crippen LogP contribution is 2.21. The van der Waals surface area contributed by atoms with Crippen molar-refractivity contribution >= 4 is 5.69 Å². The minimum absolute atomic E-state index is 0.0270. The van der Waals surface area contributed by atoms with E-state index in [9.17, 15) is 13.2 Å². The van der Waals surface area contributed by atoms with Crippen LogP contribution >= 0.6 is 0 Å². The maximum absolute atomic E-state index is 13.3. The van der Waals surface area contributed by atoms with Gasteiger partial charge in [-0.3, -0.25) is 0 Å². The summed E-state index contributed by atoms with van der Waals surface area (Å²) in [6.07, 6.45) is 0.870. The number of likely N-dealkylation sites (tertiary alicyclic amines) is 1. The van der Waals surface area contributed by atoms with Crippen LogP contribution in [0, 0.1) is 17.5 Å². The summed E-state index contributed by atoms with van der Waals surface area (Å²) in [7, 11) is 1.96. The van der Waals surface area contributed by atoms with Crippen molar-refractivity contribution in [3.05, 3.63) is 29.6 Å². The lowest BCUT2D eigenvalue weighted by Crippen LogP contribution is -2.24. The maximum Gasteiger partial charge on any atom is 0.161 e. The Kier molecular flexibility index (Phi) is 3.05. The van der Waals surface area contributed by atoms with Gasteiger partial charge in [0.2, 0.25) is 0 Å². The molecule has 2 nitrogen and oxygen atoms in total. The number of benzene rings is 1. The second kappa shape index (κ2) is 4.33. The summed E-state index contributed by atoms with van der Waals surface area (Å²) in [5.41, 5.74) is 0.0270. The van der Waals surface area contributed by atoms with E-state index in [0.29, 0.717) is 6.07 Å². The molecule has 1 unspecified atom stereocenters. The van der Waals surface area contributed by atoms with Crippen molar-refractivity contribution in [3.8, 4) is 0 Å². The Labute approximate surface area is 92.1 Å². The molecular weight excluding hydrogens is 217 g/mol. The number of halogens is 3. The first-order chi connectivity index (χ1) is 7.56. The molecule has 2 rings (SSSR count). The van der Waals surface area contributed by atoms with Crippen LogP contribution in [0.2, 0.25) is 0 Å². The van der Waals surface area contributed by atoms with E-state index < -0.39 is 17.5 Å². The van der Waals surface area contributed by atoms with Gasteiger partial charge in [-0.05, 0) is 20.0 Å². The summed E-state index contributed by atoms with van der Waals surface area (Å²) >= 11 is 0. The van der Waals surface area contributed by atoms with Crippen molar-refractivity contribution in [3.63, 3.8) is 0 Å². The topological polar surface area (TPSA) is 15.3 Å². The van der Waals surface area contributed by atoms with Gasteiger partial charge in [0.05, 0.1) is 5.69 Å². The molecule has 0 aliphatic carbocycles. The van der Waals surface area contributed by atoms with E-state index in [1.165, 1.54) is 0 Å². The molecule has 0 aromatic heterocycles. The van der Waals surface area contributed by atoms with Crippen molar-refractivity contribution < 1.29 is 13.2 Å². The van der Waals surface area contributed by atoms with Gasteiger partial charge in [-0.15, -0.1) is 0 Å². The van der Waals surface area contributed by atoms with Gasteiger partial charge in [0.1, 0.15) is 5.82 Å². The smallest absolute Gasteiger partial charge is 0.161 e. The third-order valence-corrected chi connectivity index (χ3v) is 2.76. The molecule has 1 aliphatic heterocycles. The van der Waals surface area contributed by atoms with E-state index >= 15 is 0 Å². The standard InChI is InChI=1S/C11H13F3N2/c1-16-3-2-7(6-16)15-11-5-9(13)8(12)4-10(11)14/h4-5,7,15H,2-3,6H2,1H3. The van der Waals surface area contributed by atoms with Crippen LogP contribution in [-0.4, -0.2) is 31.1 Å². The number of rotatable bonds is 2. The molecule has 1 aliphatic rings. The zero-order valence-corrected chi connectivity index (χ0v) is 8.93. The van der Waals surface area contributed by atoms with E-state index in [1.54, 1.807) is 0 Å². The van der Waals surface area contributed by atoms with Crippen molar-refractivity contribution in [1.82, 2.24) is 4.90 Å². The summed E-state index contributed by atoms with van der Waals surface area (Å²) in [5.74, 6) is -2.95. The Morgan fingerprint density at radius 2 is 1.88 bits per heavy atom. The zero-order chi connectivity index (χ0) is 11.7. The first kappa shape index (κ1) is 11.3. The third-order valence-electron chi connectivity index (χ3n) is 2.76. The second-order valence-electron chi connectivity index (χ2n) is 4.14. The molecule has 0 radical (unpaired) electrons. The monoisotopic (exact) mass is 230 g/mol. The van der Waals surface area contributed by atoms with Gasteiger partial charge in [-0.25, -0.2) is 13.2 Å². The van der Waals surface area contributed by atoms with Crippen LogP contribution in [0.1, 0.15) is 6.42 Å². The highest BCUT2D eigenvalue weighted by molar-refractivity contribution is 5.46. The fourth-order valence-corrected chi connectivity index (χ4v) is 1.91. The van der Waals surface area contributed by atoms with Crippen LogP contribution in [0.5, 0.6) is 0 Å². The largest absolute Gasteiger partial charge is 0.379 e. The Morgan fingerprint density at radius 1 is 1.19 bits per heavy atom. The molecule has 0 amide bonds. The van der Waals surface area contributed by atoms with Gasteiger partial charge in [0.15, 0.2) is 11.6 Å². The van der Waals surface area contributed by atoms with Crippen LogP contribution in [0.4, 0.5) is 18.9 Å². The molecule has 0 bridgehead atoms. The van der Waals surface area contributed by atoms with Crippen LogP contribution in [0.25, 0.3) is 0 Å². The van der Waals surface area contributed by atoms with E-state index in [1.807, 2.05) is 7.05 Å². The average Bonchev–Trinajstić information content (AvgIpc) is 2.60. The minimum Gasteiger partial charge on any atom is -0.379 e. The predicted octanol–water partition coefficient (Wildman–Crippen LogP) is 2.22. The lowest BCUT2D eigenvalue weighted by Gasteiger charge is -2.15. The lowest BCUT2D eigenvalue weighted by molar-refractivity contribution is 0.414.